The predicted octanol–water partition coefficient (Wildman–Crippen LogP) is 4.14. The highest BCUT2D eigenvalue weighted by Gasteiger charge is 2.16. The second-order valence-corrected chi connectivity index (χ2v) is 6.99. The number of benzene rings is 2. The molecular formula is C22H20N2O2S. The van der Waals surface area contributed by atoms with Gasteiger partial charge in [0.1, 0.15) is 5.70 Å². The predicted molar refractivity (Wildman–Crippen MR) is 109 cm³/mol. The number of thiophene rings is 1. The molecule has 1 aromatic heterocycles. The van der Waals surface area contributed by atoms with Crippen LogP contribution in [0, 0.1) is 6.92 Å². The van der Waals surface area contributed by atoms with Crippen LogP contribution in [-0.4, -0.2) is 11.8 Å². The van der Waals surface area contributed by atoms with Crippen molar-refractivity contribution in [3.63, 3.8) is 0 Å². The molecule has 2 aromatic carbocycles. The van der Waals surface area contributed by atoms with E-state index in [1.807, 2.05) is 66.9 Å². The zero-order valence-corrected chi connectivity index (χ0v) is 15.8. The molecule has 136 valence electrons. The van der Waals surface area contributed by atoms with Crippen LogP contribution in [0.4, 0.5) is 0 Å². The fourth-order valence-electron chi connectivity index (χ4n) is 2.56. The van der Waals surface area contributed by atoms with E-state index >= 15 is 0 Å². The van der Waals surface area contributed by atoms with Crippen LogP contribution in [0.15, 0.2) is 77.8 Å². The van der Waals surface area contributed by atoms with Gasteiger partial charge in [-0.1, -0.05) is 54.6 Å². The lowest BCUT2D eigenvalue weighted by molar-refractivity contribution is -0.117. The smallest absolute Gasteiger partial charge is 0.268 e. The summed E-state index contributed by atoms with van der Waals surface area (Å²) in [6.45, 7) is 2.26. The average Bonchev–Trinajstić information content (AvgIpc) is 3.20. The van der Waals surface area contributed by atoms with Crippen LogP contribution in [0.25, 0.3) is 6.08 Å². The molecule has 0 bridgehead atoms. The van der Waals surface area contributed by atoms with E-state index in [1.54, 1.807) is 18.2 Å². The lowest BCUT2D eigenvalue weighted by Crippen LogP contribution is -2.34. The number of carbonyl (C=O) groups excluding carboxylic acids is 2. The molecule has 0 atom stereocenters. The first kappa shape index (κ1) is 18.6. The van der Waals surface area contributed by atoms with Gasteiger partial charge in [-0.2, -0.15) is 0 Å². The van der Waals surface area contributed by atoms with Crippen molar-refractivity contribution < 1.29 is 9.59 Å². The van der Waals surface area contributed by atoms with Crippen LogP contribution >= 0.6 is 11.3 Å². The summed E-state index contributed by atoms with van der Waals surface area (Å²) in [5.41, 5.74) is 2.62. The minimum Gasteiger partial charge on any atom is -0.347 e. The quantitative estimate of drug-likeness (QED) is 0.635. The van der Waals surface area contributed by atoms with Crippen molar-refractivity contribution in [3.05, 3.63) is 99.4 Å². The van der Waals surface area contributed by atoms with Crippen LogP contribution in [0.2, 0.25) is 0 Å². The third-order valence-electron chi connectivity index (χ3n) is 4.01. The third kappa shape index (κ3) is 5.15. The van der Waals surface area contributed by atoms with Crippen LogP contribution in [-0.2, 0) is 11.3 Å². The van der Waals surface area contributed by atoms with Gasteiger partial charge < -0.3 is 10.6 Å². The van der Waals surface area contributed by atoms with Gasteiger partial charge in [-0.05, 0) is 41.6 Å². The number of amides is 2. The van der Waals surface area contributed by atoms with E-state index in [0.29, 0.717) is 12.1 Å². The van der Waals surface area contributed by atoms with Crippen molar-refractivity contribution in [1.82, 2.24) is 10.6 Å². The molecule has 0 radical (unpaired) electrons. The van der Waals surface area contributed by atoms with Gasteiger partial charge in [-0.15, -0.1) is 11.3 Å². The molecule has 0 spiro atoms. The molecular weight excluding hydrogens is 356 g/mol. The monoisotopic (exact) mass is 376 g/mol. The maximum Gasteiger partial charge on any atom is 0.268 e. The van der Waals surface area contributed by atoms with E-state index in [1.165, 1.54) is 11.3 Å². The van der Waals surface area contributed by atoms with Gasteiger partial charge in [0.25, 0.3) is 11.8 Å². The van der Waals surface area contributed by atoms with Gasteiger partial charge >= 0.3 is 0 Å². The van der Waals surface area contributed by atoms with E-state index in [2.05, 4.69) is 10.6 Å². The van der Waals surface area contributed by atoms with E-state index in [-0.39, 0.29) is 17.5 Å². The summed E-state index contributed by atoms with van der Waals surface area (Å²) >= 11 is 1.50. The topological polar surface area (TPSA) is 58.2 Å². The Bertz CT molecular complexity index is 947. The maximum atomic E-state index is 12.7. The Morgan fingerprint density at radius 3 is 2.41 bits per heavy atom. The van der Waals surface area contributed by atoms with Gasteiger partial charge in [0.15, 0.2) is 0 Å². The highest BCUT2D eigenvalue weighted by molar-refractivity contribution is 7.10. The van der Waals surface area contributed by atoms with E-state index in [0.717, 1.165) is 16.0 Å². The zero-order valence-electron chi connectivity index (χ0n) is 14.9. The summed E-state index contributed by atoms with van der Waals surface area (Å²) in [5, 5.41) is 7.56. The number of nitrogens with one attached hydrogen (secondary N) is 2. The minimum atomic E-state index is -0.325. The van der Waals surface area contributed by atoms with Crippen molar-refractivity contribution in [2.24, 2.45) is 0 Å². The van der Waals surface area contributed by atoms with Gasteiger partial charge in [0.2, 0.25) is 0 Å². The van der Waals surface area contributed by atoms with Gasteiger partial charge in [0, 0.05) is 17.0 Å². The Labute approximate surface area is 162 Å². The molecule has 4 nitrogen and oxygen atoms in total. The van der Waals surface area contributed by atoms with E-state index < -0.39 is 0 Å². The highest BCUT2D eigenvalue weighted by Crippen LogP contribution is 2.14. The molecule has 3 aromatic rings. The van der Waals surface area contributed by atoms with Crippen LogP contribution in [0.3, 0.4) is 0 Å². The van der Waals surface area contributed by atoms with Crippen LogP contribution < -0.4 is 10.6 Å². The molecule has 27 heavy (non-hydrogen) atoms. The summed E-state index contributed by atoms with van der Waals surface area (Å²) in [4.78, 5) is 26.3. The molecule has 0 saturated carbocycles. The van der Waals surface area contributed by atoms with Gasteiger partial charge in [-0.25, -0.2) is 0 Å². The molecule has 2 N–H and O–H groups in total. The van der Waals surface area contributed by atoms with Gasteiger partial charge in [-0.3, -0.25) is 9.59 Å². The third-order valence-corrected chi connectivity index (χ3v) is 4.83. The molecule has 0 aliphatic rings. The van der Waals surface area contributed by atoms with Crippen molar-refractivity contribution in [1.29, 1.82) is 0 Å². The Kier molecular flexibility index (Phi) is 6.18. The molecule has 0 aliphatic carbocycles. The highest BCUT2D eigenvalue weighted by atomic mass is 32.1. The molecule has 3 rings (SSSR count). The molecule has 2 amide bonds. The second-order valence-electron chi connectivity index (χ2n) is 6.01. The standard InChI is InChI=1S/C22H20N2O2S/c1-16-8-5-6-12-19(16)21(25)24-20(14-18-11-7-13-27-18)22(26)23-15-17-9-3-2-4-10-17/h2-14H,15H2,1H3,(H,23,26)(H,24,25)/b20-14-. The average molecular weight is 376 g/mol. The van der Waals surface area contributed by atoms with Crippen molar-refractivity contribution >= 4 is 29.2 Å². The minimum absolute atomic E-state index is 0.224. The Morgan fingerprint density at radius 1 is 0.963 bits per heavy atom. The number of hydrogen-bond donors (Lipinski definition) is 2. The molecule has 0 saturated heterocycles. The number of rotatable bonds is 6. The van der Waals surface area contributed by atoms with E-state index in [4.69, 9.17) is 0 Å². The summed E-state index contributed by atoms with van der Waals surface area (Å²) in [6.07, 6.45) is 1.70. The number of hydrogen-bond acceptors (Lipinski definition) is 3. The molecule has 0 unspecified atom stereocenters. The fourth-order valence-corrected chi connectivity index (χ4v) is 3.22. The van der Waals surface area contributed by atoms with Crippen molar-refractivity contribution in [2.75, 3.05) is 0 Å². The molecule has 1 heterocycles. The lowest BCUT2D eigenvalue weighted by atomic mass is 10.1. The Hall–Kier alpha value is -3.18. The second kappa shape index (κ2) is 8.96. The summed E-state index contributed by atoms with van der Waals surface area (Å²) in [7, 11) is 0. The normalized spacial score (nSPS) is 11.1. The first-order valence-corrected chi connectivity index (χ1v) is 9.46. The van der Waals surface area contributed by atoms with Crippen molar-refractivity contribution in [2.45, 2.75) is 13.5 Å². The van der Waals surface area contributed by atoms with Gasteiger partial charge in [0.05, 0.1) is 0 Å². The summed E-state index contributed by atoms with van der Waals surface area (Å²) < 4.78 is 0. The first-order valence-electron chi connectivity index (χ1n) is 8.58. The maximum absolute atomic E-state index is 12.7. The fraction of sp³-hybridized carbons (Fsp3) is 0.0909. The molecule has 5 heteroatoms. The Balaban J connectivity index is 1.78. The van der Waals surface area contributed by atoms with Crippen molar-refractivity contribution in [3.8, 4) is 0 Å². The summed E-state index contributed by atoms with van der Waals surface area (Å²) in [6, 6.07) is 20.7. The lowest BCUT2D eigenvalue weighted by Gasteiger charge is -2.12. The van der Waals surface area contributed by atoms with Crippen LogP contribution in [0.1, 0.15) is 26.4 Å². The zero-order chi connectivity index (χ0) is 19.1. The molecule has 0 fully saturated rings. The van der Waals surface area contributed by atoms with Crippen LogP contribution in [0.5, 0.6) is 0 Å². The largest absolute Gasteiger partial charge is 0.347 e. The number of aryl methyl sites for hydroxylation is 1. The molecule has 0 aliphatic heterocycles. The number of carbonyl (C=O) groups is 2. The Morgan fingerprint density at radius 2 is 1.70 bits per heavy atom. The summed E-state index contributed by atoms with van der Waals surface area (Å²) in [5.74, 6) is -0.625. The van der Waals surface area contributed by atoms with E-state index in [9.17, 15) is 9.59 Å². The first-order chi connectivity index (χ1) is 13.1. The SMILES string of the molecule is Cc1ccccc1C(=O)N/C(=C\c1cccs1)C(=O)NCc1ccccc1.